The van der Waals surface area contributed by atoms with Gasteiger partial charge < -0.3 is 9.32 Å². The lowest BCUT2D eigenvalue weighted by atomic mass is 9.94. The minimum atomic E-state index is -0.00922. The van der Waals surface area contributed by atoms with Crippen molar-refractivity contribution in [3.8, 4) is 0 Å². The number of piperazine rings is 1. The van der Waals surface area contributed by atoms with Gasteiger partial charge in [0.1, 0.15) is 11.7 Å². The topological polar surface area (TPSA) is 74.0 Å². The van der Waals surface area contributed by atoms with E-state index in [-0.39, 0.29) is 12.1 Å². The third-order valence-electron chi connectivity index (χ3n) is 6.48. The second kappa shape index (κ2) is 9.56. The molecule has 0 aliphatic carbocycles. The number of carbonyl (C=O) groups is 1. The van der Waals surface area contributed by atoms with Crippen molar-refractivity contribution in [2.45, 2.75) is 11.4 Å². The highest BCUT2D eigenvalue weighted by molar-refractivity contribution is 7.99. The smallest absolute Gasteiger partial charge is 0.257 e. The van der Waals surface area contributed by atoms with Gasteiger partial charge in [0.25, 0.3) is 5.22 Å². The van der Waals surface area contributed by atoms with Crippen LogP contribution in [-0.4, -0.2) is 58.3 Å². The molecule has 4 aromatic rings. The molecule has 7 nitrogen and oxygen atoms in total. The molecule has 3 aromatic carbocycles. The number of hydrogen-bond acceptors (Lipinski definition) is 7. The van der Waals surface area contributed by atoms with E-state index < -0.39 is 0 Å². The van der Waals surface area contributed by atoms with Crippen molar-refractivity contribution < 1.29 is 9.21 Å². The first-order chi connectivity index (χ1) is 17.3. The molecule has 0 radical (unpaired) electrons. The van der Waals surface area contributed by atoms with E-state index in [1.165, 1.54) is 17.3 Å². The number of aromatic nitrogens is 1. The maximum Gasteiger partial charge on any atom is 0.257 e. The summed E-state index contributed by atoms with van der Waals surface area (Å²) in [6.45, 7) is 2.92. The van der Waals surface area contributed by atoms with Crippen LogP contribution in [0.5, 0.6) is 0 Å². The molecule has 2 aliphatic rings. The molecular weight excluding hydrogens is 458 g/mol. The predicted octanol–water partition coefficient (Wildman–Crippen LogP) is 4.12. The van der Waals surface area contributed by atoms with Crippen LogP contribution in [0, 0.1) is 0 Å². The fraction of sp³-hybridized carbons (Fsp3) is 0.222. The van der Waals surface area contributed by atoms with E-state index >= 15 is 0 Å². The van der Waals surface area contributed by atoms with Crippen molar-refractivity contribution in [2.75, 3.05) is 31.9 Å². The molecule has 1 amide bonds. The quantitative estimate of drug-likeness (QED) is 0.431. The van der Waals surface area contributed by atoms with Gasteiger partial charge in [-0.15, -0.1) is 0 Å². The molecule has 0 spiro atoms. The highest BCUT2D eigenvalue weighted by Crippen LogP contribution is 2.29. The zero-order valence-electron chi connectivity index (χ0n) is 19.1. The maximum absolute atomic E-state index is 12.8. The average molecular weight is 484 g/mol. The lowest BCUT2D eigenvalue weighted by Crippen LogP contribution is -2.52. The number of fused-ring (bicyclic) bond motifs is 2. The average Bonchev–Trinajstić information content (AvgIpc) is 3.35. The van der Waals surface area contributed by atoms with E-state index in [9.17, 15) is 4.79 Å². The summed E-state index contributed by atoms with van der Waals surface area (Å²) in [5.74, 6) is 0.431. The Bertz CT molecular complexity index is 1350. The van der Waals surface area contributed by atoms with Crippen LogP contribution in [0.25, 0.3) is 11.1 Å². The Kier molecular flexibility index (Phi) is 5.98. The molecule has 0 bridgehead atoms. The molecule has 1 N–H and O–H groups in total. The number of carbonyl (C=O) groups excluding carboxylic acids is 1. The number of nitrogens with one attached hydrogen (secondary N) is 1. The Labute approximate surface area is 207 Å². The first kappa shape index (κ1) is 21.9. The van der Waals surface area contributed by atoms with Gasteiger partial charge in [0.15, 0.2) is 5.58 Å². The number of benzene rings is 3. The maximum atomic E-state index is 12.8. The molecule has 8 heteroatoms. The van der Waals surface area contributed by atoms with Gasteiger partial charge in [-0.25, -0.2) is 4.98 Å². The van der Waals surface area contributed by atoms with Gasteiger partial charge in [-0.3, -0.25) is 15.1 Å². The Balaban J connectivity index is 1.09. The number of hydrazone groups is 1. The molecule has 1 saturated heterocycles. The van der Waals surface area contributed by atoms with Gasteiger partial charge in [0.2, 0.25) is 5.91 Å². The summed E-state index contributed by atoms with van der Waals surface area (Å²) in [7, 11) is 0. The summed E-state index contributed by atoms with van der Waals surface area (Å²) in [6.07, 6.45) is -0.00922. The van der Waals surface area contributed by atoms with E-state index in [0.717, 1.165) is 41.0 Å². The lowest BCUT2D eigenvalue weighted by molar-refractivity contribution is -0.130. The van der Waals surface area contributed by atoms with E-state index in [1.54, 1.807) is 0 Å². The monoisotopic (exact) mass is 483 g/mol. The Hall–Kier alpha value is -3.62. The zero-order chi connectivity index (χ0) is 23.6. The number of amides is 1. The van der Waals surface area contributed by atoms with Crippen LogP contribution in [-0.2, 0) is 4.79 Å². The predicted molar refractivity (Wildman–Crippen MR) is 137 cm³/mol. The third-order valence-corrected chi connectivity index (χ3v) is 7.29. The van der Waals surface area contributed by atoms with Crippen LogP contribution in [0.2, 0.25) is 0 Å². The SMILES string of the molecule is O=C(CSc1nc2ccccc2o1)N1CCN(C2NN=C(c3ccccc3)c3ccccc32)CC1. The Morgan fingerprint density at radius 2 is 1.69 bits per heavy atom. The number of oxazole rings is 1. The first-order valence-electron chi connectivity index (χ1n) is 11.7. The minimum Gasteiger partial charge on any atom is -0.431 e. The van der Waals surface area contributed by atoms with Gasteiger partial charge >= 0.3 is 0 Å². The second-order valence-electron chi connectivity index (χ2n) is 8.60. The summed E-state index contributed by atoms with van der Waals surface area (Å²) in [5, 5.41) is 5.29. The fourth-order valence-corrected chi connectivity index (χ4v) is 5.40. The highest BCUT2D eigenvalue weighted by Gasteiger charge is 2.31. The van der Waals surface area contributed by atoms with Crippen LogP contribution in [0.15, 0.2) is 93.6 Å². The molecule has 176 valence electrons. The summed E-state index contributed by atoms with van der Waals surface area (Å²) in [5.41, 5.74) is 9.36. The minimum absolute atomic E-state index is 0.00922. The molecule has 1 atom stereocenters. The number of para-hydroxylation sites is 2. The first-order valence-corrected chi connectivity index (χ1v) is 12.7. The highest BCUT2D eigenvalue weighted by atomic mass is 32.2. The molecule has 2 aliphatic heterocycles. The lowest BCUT2D eigenvalue weighted by Gasteiger charge is -2.41. The van der Waals surface area contributed by atoms with E-state index in [0.29, 0.717) is 24.1 Å². The van der Waals surface area contributed by atoms with Gasteiger partial charge in [-0.2, -0.15) is 5.10 Å². The molecule has 1 fully saturated rings. The molecule has 1 aromatic heterocycles. The van der Waals surface area contributed by atoms with Crippen molar-refractivity contribution in [1.29, 1.82) is 0 Å². The van der Waals surface area contributed by atoms with Crippen LogP contribution in [0.1, 0.15) is 22.9 Å². The standard InChI is InChI=1S/C27H25N5O2S/c33-24(18-35-27-28-22-12-6-7-13-23(22)34-27)31-14-16-32(17-15-31)26-21-11-5-4-10-20(21)25(29-30-26)19-8-2-1-3-9-19/h1-13,26,30H,14-18H2. The van der Waals surface area contributed by atoms with Crippen LogP contribution in [0.3, 0.4) is 0 Å². The molecular formula is C27H25N5O2S. The van der Waals surface area contributed by atoms with E-state index in [1.807, 2.05) is 47.4 Å². The van der Waals surface area contributed by atoms with Crippen molar-refractivity contribution >= 4 is 34.5 Å². The second-order valence-corrected chi connectivity index (χ2v) is 9.52. The Morgan fingerprint density at radius 3 is 2.51 bits per heavy atom. The van der Waals surface area contributed by atoms with Crippen molar-refractivity contribution in [2.24, 2.45) is 5.10 Å². The Morgan fingerprint density at radius 1 is 0.943 bits per heavy atom. The number of hydrogen-bond donors (Lipinski definition) is 1. The van der Waals surface area contributed by atoms with Crippen molar-refractivity contribution in [1.82, 2.24) is 20.2 Å². The van der Waals surface area contributed by atoms with Gasteiger partial charge in [0, 0.05) is 37.3 Å². The van der Waals surface area contributed by atoms with E-state index in [4.69, 9.17) is 9.52 Å². The summed E-state index contributed by atoms with van der Waals surface area (Å²) in [6, 6.07) is 26.3. The van der Waals surface area contributed by atoms with Gasteiger partial charge in [-0.1, -0.05) is 78.5 Å². The van der Waals surface area contributed by atoms with Crippen molar-refractivity contribution in [3.05, 3.63) is 95.6 Å². The van der Waals surface area contributed by atoms with Crippen LogP contribution < -0.4 is 5.43 Å². The normalized spacial score (nSPS) is 18.1. The number of nitrogens with zero attached hydrogens (tertiary/aromatic N) is 4. The summed E-state index contributed by atoms with van der Waals surface area (Å²) >= 11 is 1.35. The number of thioether (sulfide) groups is 1. The molecule has 1 unspecified atom stereocenters. The molecule has 0 saturated carbocycles. The molecule has 6 rings (SSSR count). The van der Waals surface area contributed by atoms with Crippen LogP contribution >= 0.6 is 11.8 Å². The summed E-state index contributed by atoms with van der Waals surface area (Å²) < 4.78 is 5.73. The van der Waals surface area contributed by atoms with E-state index in [2.05, 4.69) is 51.7 Å². The number of rotatable bonds is 5. The molecule has 35 heavy (non-hydrogen) atoms. The van der Waals surface area contributed by atoms with Gasteiger partial charge in [-0.05, 0) is 17.7 Å². The zero-order valence-corrected chi connectivity index (χ0v) is 19.9. The van der Waals surface area contributed by atoms with Gasteiger partial charge in [0.05, 0.1) is 11.5 Å². The summed E-state index contributed by atoms with van der Waals surface area (Å²) in [4.78, 5) is 21.6. The fourth-order valence-electron chi connectivity index (χ4n) is 4.66. The van der Waals surface area contributed by atoms with Crippen LogP contribution in [0.4, 0.5) is 0 Å². The third kappa shape index (κ3) is 4.42. The largest absolute Gasteiger partial charge is 0.431 e. The molecule has 3 heterocycles. The van der Waals surface area contributed by atoms with Crippen molar-refractivity contribution in [3.63, 3.8) is 0 Å².